The lowest BCUT2D eigenvalue weighted by Crippen LogP contribution is -2.07. The molecule has 3 heteroatoms. The maximum atomic E-state index is 11.0. The van der Waals surface area contributed by atoms with Crippen LogP contribution in [0.2, 0.25) is 5.02 Å². The second kappa shape index (κ2) is 5.69. The summed E-state index contributed by atoms with van der Waals surface area (Å²) in [5.74, 6) is -0.945. The molecule has 18 heavy (non-hydrogen) atoms. The van der Waals surface area contributed by atoms with Crippen molar-refractivity contribution in [2.45, 2.75) is 12.3 Å². The number of hydrogen-bond donors (Lipinski definition) is 1. The van der Waals surface area contributed by atoms with Crippen LogP contribution < -0.4 is 0 Å². The SMILES string of the molecule is O=C(O)C[C@H](c1ccccc1)c1ccc(Cl)cc1. The number of carboxylic acid groups (broad SMARTS) is 1. The average molecular weight is 261 g/mol. The molecular weight excluding hydrogens is 248 g/mol. The van der Waals surface area contributed by atoms with Crippen LogP contribution in [-0.2, 0) is 4.79 Å². The van der Waals surface area contributed by atoms with Gasteiger partial charge in [-0.2, -0.15) is 0 Å². The fourth-order valence-corrected chi connectivity index (χ4v) is 2.11. The average Bonchev–Trinajstić information content (AvgIpc) is 2.38. The van der Waals surface area contributed by atoms with E-state index in [1.54, 1.807) is 12.1 Å². The number of benzene rings is 2. The Hall–Kier alpha value is -1.80. The molecule has 2 nitrogen and oxygen atoms in total. The molecule has 0 saturated heterocycles. The molecule has 0 fully saturated rings. The van der Waals surface area contributed by atoms with Crippen LogP contribution >= 0.6 is 11.6 Å². The highest BCUT2D eigenvalue weighted by molar-refractivity contribution is 6.30. The molecule has 0 heterocycles. The maximum absolute atomic E-state index is 11.0. The van der Waals surface area contributed by atoms with E-state index >= 15 is 0 Å². The van der Waals surface area contributed by atoms with Crippen LogP contribution in [0.5, 0.6) is 0 Å². The van der Waals surface area contributed by atoms with E-state index in [2.05, 4.69) is 0 Å². The Morgan fingerprint density at radius 2 is 1.56 bits per heavy atom. The van der Waals surface area contributed by atoms with Crippen molar-refractivity contribution in [1.29, 1.82) is 0 Å². The molecule has 0 aliphatic rings. The number of hydrogen-bond acceptors (Lipinski definition) is 1. The summed E-state index contributed by atoms with van der Waals surface area (Å²) in [7, 11) is 0. The maximum Gasteiger partial charge on any atom is 0.304 e. The van der Waals surface area contributed by atoms with Crippen LogP contribution in [0.1, 0.15) is 23.5 Å². The van der Waals surface area contributed by atoms with Gasteiger partial charge in [-0.3, -0.25) is 4.79 Å². The van der Waals surface area contributed by atoms with E-state index < -0.39 is 5.97 Å². The summed E-state index contributed by atoms with van der Waals surface area (Å²) in [5.41, 5.74) is 1.97. The molecule has 0 amide bonds. The second-order valence-corrected chi connectivity index (χ2v) is 4.55. The zero-order valence-corrected chi connectivity index (χ0v) is 10.5. The van der Waals surface area contributed by atoms with Crippen molar-refractivity contribution in [3.05, 3.63) is 70.7 Å². The summed E-state index contributed by atoms with van der Waals surface area (Å²) in [5, 5.41) is 9.69. The van der Waals surface area contributed by atoms with E-state index in [4.69, 9.17) is 16.7 Å². The Bertz CT molecular complexity index is 520. The normalized spacial score (nSPS) is 12.1. The first-order valence-corrected chi connectivity index (χ1v) is 6.07. The standard InChI is InChI=1S/C15H13ClO2/c16-13-8-6-12(7-9-13)14(10-15(17)18)11-4-2-1-3-5-11/h1-9,14H,10H2,(H,17,18)/t14-/m1/s1. The minimum atomic E-state index is -0.807. The van der Waals surface area contributed by atoms with Crippen molar-refractivity contribution in [2.24, 2.45) is 0 Å². The van der Waals surface area contributed by atoms with Crippen LogP contribution in [0.3, 0.4) is 0 Å². The van der Waals surface area contributed by atoms with Crippen LogP contribution in [0, 0.1) is 0 Å². The molecule has 0 spiro atoms. The van der Waals surface area contributed by atoms with Gasteiger partial charge >= 0.3 is 5.97 Å². The Morgan fingerprint density at radius 3 is 2.11 bits per heavy atom. The van der Waals surface area contributed by atoms with Gasteiger partial charge in [0.05, 0.1) is 6.42 Å². The third-order valence-electron chi connectivity index (χ3n) is 2.85. The van der Waals surface area contributed by atoms with Gasteiger partial charge in [0.15, 0.2) is 0 Å². The van der Waals surface area contributed by atoms with E-state index in [0.717, 1.165) is 11.1 Å². The zero-order chi connectivity index (χ0) is 13.0. The van der Waals surface area contributed by atoms with E-state index in [0.29, 0.717) is 5.02 Å². The van der Waals surface area contributed by atoms with E-state index in [1.807, 2.05) is 42.5 Å². The van der Waals surface area contributed by atoms with Gasteiger partial charge in [0.25, 0.3) is 0 Å². The molecule has 92 valence electrons. The van der Waals surface area contributed by atoms with Gasteiger partial charge in [0.2, 0.25) is 0 Å². The van der Waals surface area contributed by atoms with Gasteiger partial charge in [-0.05, 0) is 23.3 Å². The molecule has 0 unspecified atom stereocenters. The van der Waals surface area contributed by atoms with Gasteiger partial charge in [0, 0.05) is 10.9 Å². The number of rotatable bonds is 4. The lowest BCUT2D eigenvalue weighted by molar-refractivity contribution is -0.137. The number of carboxylic acids is 1. The fraction of sp³-hybridized carbons (Fsp3) is 0.133. The molecular formula is C15H13ClO2. The Morgan fingerprint density at radius 1 is 1.00 bits per heavy atom. The van der Waals surface area contributed by atoms with E-state index in [9.17, 15) is 4.79 Å². The molecule has 2 aromatic carbocycles. The van der Waals surface area contributed by atoms with Gasteiger partial charge in [-0.15, -0.1) is 0 Å². The van der Waals surface area contributed by atoms with E-state index in [-0.39, 0.29) is 12.3 Å². The molecule has 2 aromatic rings. The quantitative estimate of drug-likeness (QED) is 0.904. The second-order valence-electron chi connectivity index (χ2n) is 4.11. The van der Waals surface area contributed by atoms with Gasteiger partial charge in [-0.1, -0.05) is 54.1 Å². The van der Waals surface area contributed by atoms with E-state index in [1.165, 1.54) is 0 Å². The minimum absolute atomic E-state index is 0.0750. The summed E-state index contributed by atoms with van der Waals surface area (Å²) < 4.78 is 0. The molecule has 0 radical (unpaired) electrons. The molecule has 0 aliphatic heterocycles. The van der Waals surface area contributed by atoms with Crippen molar-refractivity contribution in [2.75, 3.05) is 0 Å². The highest BCUT2D eigenvalue weighted by atomic mass is 35.5. The number of carbonyl (C=O) groups is 1. The third kappa shape index (κ3) is 3.11. The zero-order valence-electron chi connectivity index (χ0n) is 9.71. The molecule has 1 N–H and O–H groups in total. The molecule has 0 saturated carbocycles. The van der Waals surface area contributed by atoms with Crippen molar-refractivity contribution in [1.82, 2.24) is 0 Å². The topological polar surface area (TPSA) is 37.3 Å². The molecule has 1 atom stereocenters. The van der Waals surface area contributed by atoms with Crippen molar-refractivity contribution in [3.63, 3.8) is 0 Å². The van der Waals surface area contributed by atoms with Crippen LogP contribution in [-0.4, -0.2) is 11.1 Å². The third-order valence-corrected chi connectivity index (χ3v) is 3.11. The number of aliphatic carboxylic acids is 1. The summed E-state index contributed by atoms with van der Waals surface area (Å²) in [6, 6.07) is 17.0. The lowest BCUT2D eigenvalue weighted by atomic mass is 9.89. The number of halogens is 1. The largest absolute Gasteiger partial charge is 0.481 e. The molecule has 0 aromatic heterocycles. The lowest BCUT2D eigenvalue weighted by Gasteiger charge is -2.16. The van der Waals surface area contributed by atoms with Crippen molar-refractivity contribution in [3.8, 4) is 0 Å². The highest BCUT2D eigenvalue weighted by Crippen LogP contribution is 2.28. The predicted octanol–water partition coefficient (Wildman–Crippen LogP) is 3.95. The molecule has 2 rings (SSSR count). The first kappa shape index (κ1) is 12.7. The first-order chi connectivity index (χ1) is 8.66. The summed E-state index contributed by atoms with van der Waals surface area (Å²) in [6.07, 6.45) is 0.0750. The minimum Gasteiger partial charge on any atom is -0.481 e. The van der Waals surface area contributed by atoms with Crippen LogP contribution in [0.25, 0.3) is 0 Å². The summed E-state index contributed by atoms with van der Waals surface area (Å²) in [6.45, 7) is 0. The van der Waals surface area contributed by atoms with Crippen LogP contribution in [0.15, 0.2) is 54.6 Å². The van der Waals surface area contributed by atoms with Crippen LogP contribution in [0.4, 0.5) is 0 Å². The van der Waals surface area contributed by atoms with Gasteiger partial charge < -0.3 is 5.11 Å². The smallest absolute Gasteiger partial charge is 0.304 e. The van der Waals surface area contributed by atoms with Crippen molar-refractivity contribution < 1.29 is 9.90 Å². The monoisotopic (exact) mass is 260 g/mol. The molecule has 0 aliphatic carbocycles. The Kier molecular flexibility index (Phi) is 4.00. The molecule has 0 bridgehead atoms. The predicted molar refractivity (Wildman–Crippen MR) is 72.0 cm³/mol. The summed E-state index contributed by atoms with van der Waals surface area (Å²) in [4.78, 5) is 11.0. The highest BCUT2D eigenvalue weighted by Gasteiger charge is 2.17. The van der Waals surface area contributed by atoms with Gasteiger partial charge in [-0.25, -0.2) is 0 Å². The first-order valence-electron chi connectivity index (χ1n) is 5.69. The van der Waals surface area contributed by atoms with Gasteiger partial charge in [0.1, 0.15) is 0 Å². The van der Waals surface area contributed by atoms with Crippen molar-refractivity contribution >= 4 is 17.6 Å². The fourth-order valence-electron chi connectivity index (χ4n) is 1.98. The Balaban J connectivity index is 2.36. The Labute approximate surface area is 111 Å². The summed E-state index contributed by atoms with van der Waals surface area (Å²) >= 11 is 5.85.